The molecule has 0 unspecified atom stereocenters. The van der Waals surface area contributed by atoms with Crippen LogP contribution >= 0.6 is 11.6 Å². The lowest BCUT2D eigenvalue weighted by molar-refractivity contribution is 0.758. The molecule has 0 radical (unpaired) electrons. The van der Waals surface area contributed by atoms with E-state index in [0.29, 0.717) is 0 Å². The molecule has 5 heteroatoms. The molecule has 1 atom stereocenters. The number of rotatable bonds is 2. The van der Waals surface area contributed by atoms with Gasteiger partial charge in [0.05, 0.1) is 11.4 Å². The van der Waals surface area contributed by atoms with Crippen LogP contribution in [0.25, 0.3) is 11.0 Å². The molecule has 2 aromatic heterocycles. The molecule has 20 heavy (non-hydrogen) atoms. The smallest absolute Gasteiger partial charge is 0.226 e. The summed E-state index contributed by atoms with van der Waals surface area (Å²) in [4.78, 5) is 11.6. The van der Waals surface area contributed by atoms with Crippen molar-refractivity contribution < 1.29 is 0 Å². The normalized spacial score (nSPS) is 17.4. The number of halogens is 1. The zero-order valence-electron chi connectivity index (χ0n) is 10.7. The number of hydrogen-bond acceptors (Lipinski definition) is 3. The standard InChI is InChI=1S/C15H13ClN4/c16-15-19-13-11(7-8-17-13)14(20-15)18-12-6-5-9-3-1-2-4-10(9)12/h1-4,7-8,12H,5-6H2,(H2,17,18,19,20)/t12-/m0/s1. The van der Waals surface area contributed by atoms with E-state index < -0.39 is 0 Å². The topological polar surface area (TPSA) is 53.6 Å². The van der Waals surface area contributed by atoms with Crippen LogP contribution in [-0.4, -0.2) is 15.0 Å². The van der Waals surface area contributed by atoms with E-state index in [1.807, 2.05) is 12.3 Å². The summed E-state index contributed by atoms with van der Waals surface area (Å²) in [5, 5.41) is 4.74. The van der Waals surface area contributed by atoms with Gasteiger partial charge in [-0.15, -0.1) is 0 Å². The second-order valence-corrected chi connectivity index (χ2v) is 5.35. The van der Waals surface area contributed by atoms with Crippen LogP contribution in [0.1, 0.15) is 23.6 Å². The Hall–Kier alpha value is -2.07. The van der Waals surface area contributed by atoms with Gasteiger partial charge in [0.15, 0.2) is 0 Å². The van der Waals surface area contributed by atoms with Gasteiger partial charge in [0, 0.05) is 6.20 Å². The van der Waals surface area contributed by atoms with Gasteiger partial charge in [-0.1, -0.05) is 24.3 Å². The summed E-state index contributed by atoms with van der Waals surface area (Å²) in [6.45, 7) is 0. The molecule has 1 aliphatic rings. The molecule has 0 bridgehead atoms. The highest BCUT2D eigenvalue weighted by Gasteiger charge is 2.23. The molecule has 3 aromatic rings. The quantitative estimate of drug-likeness (QED) is 0.705. The average molecular weight is 285 g/mol. The van der Waals surface area contributed by atoms with Gasteiger partial charge in [-0.2, -0.15) is 4.98 Å². The van der Waals surface area contributed by atoms with Crippen LogP contribution in [0.2, 0.25) is 5.28 Å². The van der Waals surface area contributed by atoms with Crippen molar-refractivity contribution in [1.82, 2.24) is 15.0 Å². The molecule has 0 aliphatic heterocycles. The molecule has 2 N–H and O–H groups in total. The Balaban J connectivity index is 1.74. The van der Waals surface area contributed by atoms with Crippen LogP contribution in [0.4, 0.5) is 5.82 Å². The third-order valence-electron chi connectivity index (χ3n) is 3.83. The largest absolute Gasteiger partial charge is 0.363 e. The van der Waals surface area contributed by atoms with Crippen molar-refractivity contribution in [3.05, 3.63) is 52.9 Å². The van der Waals surface area contributed by atoms with Crippen LogP contribution in [0.3, 0.4) is 0 Å². The third-order valence-corrected chi connectivity index (χ3v) is 4.00. The average Bonchev–Trinajstić information content (AvgIpc) is 3.06. The Morgan fingerprint density at radius 2 is 2.10 bits per heavy atom. The zero-order chi connectivity index (χ0) is 13.5. The number of benzene rings is 1. The van der Waals surface area contributed by atoms with Gasteiger partial charge in [-0.3, -0.25) is 0 Å². The van der Waals surface area contributed by atoms with E-state index in [1.54, 1.807) is 0 Å². The minimum absolute atomic E-state index is 0.258. The fourth-order valence-corrected chi connectivity index (χ4v) is 3.07. The van der Waals surface area contributed by atoms with Gasteiger partial charge in [-0.05, 0) is 41.6 Å². The Morgan fingerprint density at radius 3 is 3.05 bits per heavy atom. The summed E-state index contributed by atoms with van der Waals surface area (Å²) in [5.41, 5.74) is 3.53. The number of nitrogens with zero attached hydrogens (tertiary/aromatic N) is 2. The summed E-state index contributed by atoms with van der Waals surface area (Å²) >= 11 is 5.98. The van der Waals surface area contributed by atoms with Crippen molar-refractivity contribution in [2.75, 3.05) is 5.32 Å². The number of fused-ring (bicyclic) bond motifs is 2. The molecule has 0 saturated heterocycles. The third kappa shape index (κ3) is 1.84. The van der Waals surface area contributed by atoms with Gasteiger partial charge in [0.25, 0.3) is 0 Å². The van der Waals surface area contributed by atoms with E-state index in [9.17, 15) is 0 Å². The fourth-order valence-electron chi connectivity index (χ4n) is 2.90. The van der Waals surface area contributed by atoms with Gasteiger partial charge in [0.2, 0.25) is 5.28 Å². The van der Waals surface area contributed by atoms with Crippen molar-refractivity contribution in [2.45, 2.75) is 18.9 Å². The molecule has 0 saturated carbocycles. The number of aryl methyl sites for hydroxylation is 1. The van der Waals surface area contributed by atoms with Gasteiger partial charge in [0.1, 0.15) is 11.5 Å². The summed E-state index contributed by atoms with van der Waals surface area (Å²) in [6, 6.07) is 10.8. The molecule has 0 amide bonds. The maximum atomic E-state index is 5.98. The van der Waals surface area contributed by atoms with Crippen molar-refractivity contribution in [1.29, 1.82) is 0 Å². The van der Waals surface area contributed by atoms with E-state index in [1.165, 1.54) is 11.1 Å². The molecular weight excluding hydrogens is 272 g/mol. The van der Waals surface area contributed by atoms with Crippen molar-refractivity contribution in [3.8, 4) is 0 Å². The number of hydrogen-bond donors (Lipinski definition) is 2. The van der Waals surface area contributed by atoms with Gasteiger partial charge >= 0.3 is 0 Å². The second-order valence-electron chi connectivity index (χ2n) is 5.02. The maximum absolute atomic E-state index is 5.98. The van der Waals surface area contributed by atoms with Crippen LogP contribution in [0.5, 0.6) is 0 Å². The van der Waals surface area contributed by atoms with Gasteiger partial charge < -0.3 is 10.3 Å². The zero-order valence-corrected chi connectivity index (χ0v) is 11.5. The molecule has 1 aliphatic carbocycles. The lowest BCUT2D eigenvalue weighted by atomic mass is 10.1. The molecule has 4 rings (SSSR count). The minimum Gasteiger partial charge on any atom is -0.363 e. The van der Waals surface area contributed by atoms with Crippen LogP contribution in [-0.2, 0) is 6.42 Å². The number of nitrogens with one attached hydrogen (secondary N) is 2. The van der Waals surface area contributed by atoms with Crippen molar-refractivity contribution in [3.63, 3.8) is 0 Å². The Morgan fingerprint density at radius 1 is 1.20 bits per heavy atom. The van der Waals surface area contributed by atoms with Crippen LogP contribution < -0.4 is 5.32 Å². The lowest BCUT2D eigenvalue weighted by Gasteiger charge is -2.15. The number of aromatic amines is 1. The van der Waals surface area contributed by atoms with Gasteiger partial charge in [-0.25, -0.2) is 4.98 Å². The first-order chi connectivity index (χ1) is 9.81. The summed E-state index contributed by atoms with van der Waals surface area (Å²) in [5.74, 6) is 0.794. The first kappa shape index (κ1) is 11.7. The van der Waals surface area contributed by atoms with Crippen LogP contribution in [0.15, 0.2) is 36.5 Å². The fraction of sp³-hybridized carbons (Fsp3) is 0.200. The molecule has 4 nitrogen and oxygen atoms in total. The van der Waals surface area contributed by atoms with E-state index in [-0.39, 0.29) is 11.3 Å². The summed E-state index contributed by atoms with van der Waals surface area (Å²) in [7, 11) is 0. The first-order valence-electron chi connectivity index (χ1n) is 6.66. The van der Waals surface area contributed by atoms with E-state index in [4.69, 9.17) is 11.6 Å². The van der Waals surface area contributed by atoms with Crippen molar-refractivity contribution >= 4 is 28.5 Å². The highest BCUT2D eigenvalue weighted by atomic mass is 35.5. The van der Waals surface area contributed by atoms with E-state index >= 15 is 0 Å². The molecule has 1 aromatic carbocycles. The second kappa shape index (κ2) is 4.49. The Kier molecular flexibility index (Phi) is 2.63. The molecule has 0 spiro atoms. The van der Waals surface area contributed by atoms with Crippen molar-refractivity contribution in [2.24, 2.45) is 0 Å². The highest BCUT2D eigenvalue weighted by Crippen LogP contribution is 2.34. The Labute approximate surface area is 121 Å². The molecule has 2 heterocycles. The summed E-state index contributed by atoms with van der Waals surface area (Å²) in [6.07, 6.45) is 4.03. The Bertz CT molecular complexity index is 780. The summed E-state index contributed by atoms with van der Waals surface area (Å²) < 4.78 is 0. The number of aromatic nitrogens is 3. The maximum Gasteiger partial charge on any atom is 0.226 e. The number of H-pyrrole nitrogens is 1. The first-order valence-corrected chi connectivity index (χ1v) is 7.04. The molecule has 100 valence electrons. The number of anilines is 1. The van der Waals surface area contributed by atoms with E-state index in [0.717, 1.165) is 29.7 Å². The predicted molar refractivity (Wildman–Crippen MR) is 80.0 cm³/mol. The predicted octanol–water partition coefficient (Wildman–Crippen LogP) is 3.71. The highest BCUT2D eigenvalue weighted by molar-refractivity contribution is 6.28. The molecule has 0 fully saturated rings. The van der Waals surface area contributed by atoms with Crippen LogP contribution in [0, 0.1) is 0 Å². The lowest BCUT2D eigenvalue weighted by Crippen LogP contribution is -2.09. The van der Waals surface area contributed by atoms with E-state index in [2.05, 4.69) is 44.5 Å². The monoisotopic (exact) mass is 284 g/mol. The minimum atomic E-state index is 0.258. The molecular formula is C15H13ClN4. The SMILES string of the molecule is Clc1nc(N[C@H]2CCc3ccccc32)c2cc[nH]c2n1.